The first kappa shape index (κ1) is 32.4. The summed E-state index contributed by atoms with van der Waals surface area (Å²) < 4.78 is 4.40. The smallest absolute Gasteiger partial charge is 0.161 e. The minimum Gasteiger partial charge on any atom is -0.309 e. The molecule has 0 N–H and O–H groups in total. The molecule has 58 heavy (non-hydrogen) atoms. The molecule has 12 aromatic rings. The summed E-state index contributed by atoms with van der Waals surface area (Å²) in [6.45, 7) is 0. The van der Waals surface area contributed by atoms with Gasteiger partial charge in [-0.15, -0.1) is 0 Å². The molecular weight excluding hydrogens is 707 g/mol. The van der Waals surface area contributed by atoms with Crippen LogP contribution < -0.4 is 0 Å². The van der Waals surface area contributed by atoms with E-state index in [0.717, 1.165) is 77.7 Å². The maximum Gasteiger partial charge on any atom is 0.161 e. The highest BCUT2D eigenvalue weighted by Crippen LogP contribution is 2.45. The first-order valence-electron chi connectivity index (χ1n) is 19.6. The summed E-state index contributed by atoms with van der Waals surface area (Å²) in [5.41, 5.74) is 14.0. The summed E-state index contributed by atoms with van der Waals surface area (Å²) in [6, 6.07) is 68.8. The molecule has 0 aliphatic carbocycles. The van der Waals surface area contributed by atoms with Crippen LogP contribution >= 0.6 is 0 Å². The zero-order chi connectivity index (χ0) is 38.2. The lowest BCUT2D eigenvalue weighted by molar-refractivity contribution is 0.949. The number of benzene rings is 8. The van der Waals surface area contributed by atoms with E-state index in [1.165, 1.54) is 32.8 Å². The molecule has 0 aliphatic heterocycles. The van der Waals surface area contributed by atoms with Crippen molar-refractivity contribution in [3.63, 3.8) is 0 Å². The average Bonchev–Trinajstić information content (AvgIpc) is 3.89. The van der Waals surface area contributed by atoms with Crippen LogP contribution in [0.3, 0.4) is 0 Å². The van der Waals surface area contributed by atoms with Crippen molar-refractivity contribution in [1.82, 2.24) is 24.1 Å². The fourth-order valence-corrected chi connectivity index (χ4v) is 8.89. The molecule has 0 saturated carbocycles. The third-order valence-electron chi connectivity index (χ3n) is 11.6. The summed E-state index contributed by atoms with van der Waals surface area (Å²) in [5.74, 6) is 0.809. The first-order valence-corrected chi connectivity index (χ1v) is 19.6. The highest BCUT2D eigenvalue weighted by molar-refractivity contribution is 6.26. The van der Waals surface area contributed by atoms with E-state index in [-0.39, 0.29) is 0 Å². The van der Waals surface area contributed by atoms with Gasteiger partial charge in [0, 0.05) is 55.5 Å². The number of fused-ring (bicyclic) bond motifs is 9. The van der Waals surface area contributed by atoms with Crippen molar-refractivity contribution >= 4 is 59.9 Å². The lowest BCUT2D eigenvalue weighted by Gasteiger charge is -2.15. The Bertz CT molecular complexity index is 3550. The second kappa shape index (κ2) is 12.8. The van der Waals surface area contributed by atoms with Crippen LogP contribution in [0, 0.1) is 0 Å². The quantitative estimate of drug-likeness (QED) is 0.165. The van der Waals surface area contributed by atoms with Gasteiger partial charge in [-0.1, -0.05) is 146 Å². The monoisotopic (exact) mass is 739 g/mol. The first-order chi connectivity index (χ1) is 28.8. The predicted molar refractivity (Wildman–Crippen MR) is 239 cm³/mol. The average molecular weight is 740 g/mol. The lowest BCUT2D eigenvalue weighted by Crippen LogP contribution is -1.99. The van der Waals surface area contributed by atoms with Crippen LogP contribution in [0.4, 0.5) is 0 Å². The number of pyridine rings is 1. The Kier molecular flexibility index (Phi) is 7.16. The molecule has 0 saturated heterocycles. The molecule has 5 nitrogen and oxygen atoms in total. The van der Waals surface area contributed by atoms with Crippen molar-refractivity contribution in [2.45, 2.75) is 0 Å². The van der Waals surface area contributed by atoms with Gasteiger partial charge in [-0.25, -0.2) is 9.50 Å². The van der Waals surface area contributed by atoms with Gasteiger partial charge in [0.05, 0.1) is 33.3 Å². The fourth-order valence-electron chi connectivity index (χ4n) is 8.89. The van der Waals surface area contributed by atoms with Crippen LogP contribution in [0.5, 0.6) is 0 Å². The van der Waals surface area contributed by atoms with E-state index in [9.17, 15) is 0 Å². The summed E-state index contributed by atoms with van der Waals surface area (Å²) in [7, 11) is 0. The zero-order valence-electron chi connectivity index (χ0n) is 31.3. The molecule has 0 amide bonds. The number of aromatic nitrogens is 5. The highest BCUT2D eigenvalue weighted by atomic mass is 15.3. The molecule has 0 spiro atoms. The minimum absolute atomic E-state index is 0.809. The van der Waals surface area contributed by atoms with Gasteiger partial charge in [0.15, 0.2) is 5.82 Å². The Morgan fingerprint density at radius 1 is 0.379 bits per heavy atom. The maximum absolute atomic E-state index is 5.16. The van der Waals surface area contributed by atoms with Crippen LogP contribution in [-0.2, 0) is 0 Å². The second-order valence-corrected chi connectivity index (χ2v) is 14.9. The SMILES string of the molecule is c1ccc(-c2cc3c4ccccc4nc(-c4ccc(-c5cccc(-c6c7cnc8ccccc8c7cc7c6c6ccccc6n7-c6ccccc6)c5)cc4)n3n2)cc1. The van der Waals surface area contributed by atoms with Gasteiger partial charge in [0.2, 0.25) is 0 Å². The van der Waals surface area contributed by atoms with Gasteiger partial charge < -0.3 is 4.57 Å². The number of rotatable bonds is 5. The Balaban J connectivity index is 1.04. The lowest BCUT2D eigenvalue weighted by atomic mass is 9.91. The van der Waals surface area contributed by atoms with Gasteiger partial charge in [0.25, 0.3) is 0 Å². The van der Waals surface area contributed by atoms with E-state index in [4.69, 9.17) is 15.1 Å². The van der Waals surface area contributed by atoms with Crippen LogP contribution in [0.1, 0.15) is 0 Å². The number of hydrogen-bond donors (Lipinski definition) is 0. The summed E-state index contributed by atoms with van der Waals surface area (Å²) in [4.78, 5) is 10.2. The highest BCUT2D eigenvalue weighted by Gasteiger charge is 2.21. The standard InChI is InChI=1S/C53H33N5/c1-3-14-35(15-4-1)47-32-49-41-21-8-11-24-46(41)55-53(58(49)56-47)36-28-26-34(27-29-36)37-16-13-17-38(30-37)51-44-33-54-45-23-10-7-20-40(45)43(44)31-50-52(51)42-22-9-12-25-48(42)57(50)39-18-5-2-6-19-39/h1-33H. The van der Waals surface area contributed by atoms with Crippen molar-refractivity contribution in [3.05, 3.63) is 200 Å². The molecule has 5 heteroatoms. The molecule has 0 atom stereocenters. The van der Waals surface area contributed by atoms with Crippen LogP contribution in [0.25, 0.3) is 110 Å². The third-order valence-corrected chi connectivity index (χ3v) is 11.6. The normalized spacial score (nSPS) is 11.8. The van der Waals surface area contributed by atoms with Crippen LogP contribution in [-0.4, -0.2) is 24.1 Å². The number of para-hydroxylation sites is 4. The fraction of sp³-hybridized carbons (Fsp3) is 0. The van der Waals surface area contributed by atoms with E-state index >= 15 is 0 Å². The summed E-state index contributed by atoms with van der Waals surface area (Å²) >= 11 is 0. The van der Waals surface area contributed by atoms with E-state index in [2.05, 4.69) is 193 Å². The van der Waals surface area contributed by atoms with E-state index < -0.39 is 0 Å². The van der Waals surface area contributed by atoms with Crippen molar-refractivity contribution in [1.29, 1.82) is 0 Å². The Hall–Kier alpha value is -7.89. The van der Waals surface area contributed by atoms with Crippen molar-refractivity contribution in [3.8, 4) is 50.6 Å². The molecule has 270 valence electrons. The van der Waals surface area contributed by atoms with Gasteiger partial charge in [-0.2, -0.15) is 5.10 Å². The number of hydrogen-bond acceptors (Lipinski definition) is 3. The molecule has 12 rings (SSSR count). The van der Waals surface area contributed by atoms with Crippen LogP contribution in [0.2, 0.25) is 0 Å². The van der Waals surface area contributed by atoms with Gasteiger partial charge in [-0.05, 0) is 70.6 Å². The third kappa shape index (κ3) is 5.00. The van der Waals surface area contributed by atoms with E-state index in [1.807, 2.05) is 16.6 Å². The van der Waals surface area contributed by atoms with E-state index in [0.29, 0.717) is 0 Å². The maximum atomic E-state index is 5.16. The summed E-state index contributed by atoms with van der Waals surface area (Å²) in [6.07, 6.45) is 2.07. The summed E-state index contributed by atoms with van der Waals surface area (Å²) in [5, 5.41) is 12.1. The van der Waals surface area contributed by atoms with Gasteiger partial charge in [0.1, 0.15) is 0 Å². The Morgan fingerprint density at radius 3 is 1.86 bits per heavy atom. The Morgan fingerprint density at radius 2 is 1.03 bits per heavy atom. The Labute approximate surface area is 333 Å². The molecule has 0 bridgehead atoms. The van der Waals surface area contributed by atoms with Crippen LogP contribution in [0.15, 0.2) is 200 Å². The molecule has 0 radical (unpaired) electrons. The van der Waals surface area contributed by atoms with Crippen molar-refractivity contribution < 1.29 is 0 Å². The molecule has 0 aliphatic rings. The topological polar surface area (TPSA) is 48.0 Å². The molecular formula is C53H33N5. The second-order valence-electron chi connectivity index (χ2n) is 14.9. The molecule has 8 aromatic carbocycles. The largest absolute Gasteiger partial charge is 0.309 e. The molecule has 4 aromatic heterocycles. The van der Waals surface area contributed by atoms with Crippen molar-refractivity contribution in [2.75, 3.05) is 0 Å². The minimum atomic E-state index is 0.809. The van der Waals surface area contributed by atoms with Crippen molar-refractivity contribution in [2.24, 2.45) is 0 Å². The number of nitrogens with zero attached hydrogens (tertiary/aromatic N) is 5. The molecule has 4 heterocycles. The molecule has 0 unspecified atom stereocenters. The predicted octanol–water partition coefficient (Wildman–Crippen LogP) is 13.3. The van der Waals surface area contributed by atoms with Gasteiger partial charge in [-0.3, -0.25) is 4.98 Å². The van der Waals surface area contributed by atoms with E-state index in [1.54, 1.807) is 0 Å². The molecule has 0 fully saturated rings. The zero-order valence-corrected chi connectivity index (χ0v) is 31.3. The van der Waals surface area contributed by atoms with Gasteiger partial charge >= 0.3 is 0 Å².